The third-order valence-corrected chi connectivity index (χ3v) is 6.29. The first-order chi connectivity index (χ1) is 9.63. The highest BCUT2D eigenvalue weighted by atomic mass is 16.5. The molecule has 3 unspecified atom stereocenters. The van der Waals surface area contributed by atoms with E-state index in [0.717, 1.165) is 24.5 Å². The van der Waals surface area contributed by atoms with Gasteiger partial charge in [-0.25, -0.2) is 0 Å². The van der Waals surface area contributed by atoms with E-state index in [1.807, 2.05) is 0 Å². The zero-order valence-electron chi connectivity index (χ0n) is 13.7. The molecule has 1 N–H and O–H groups in total. The molecule has 2 aliphatic carbocycles. The molecule has 1 saturated heterocycles. The third-order valence-electron chi connectivity index (χ3n) is 6.29. The van der Waals surface area contributed by atoms with Gasteiger partial charge in [-0.05, 0) is 44.4 Å². The molecule has 3 fully saturated rings. The molecule has 0 aromatic heterocycles. The third kappa shape index (κ3) is 2.66. The van der Waals surface area contributed by atoms with Crippen molar-refractivity contribution in [3.8, 4) is 0 Å². The van der Waals surface area contributed by atoms with Crippen molar-refractivity contribution in [3.05, 3.63) is 0 Å². The van der Waals surface area contributed by atoms with Crippen molar-refractivity contribution in [1.29, 1.82) is 0 Å². The van der Waals surface area contributed by atoms with E-state index < -0.39 is 0 Å². The molecular formula is C18H33NO. The zero-order valence-corrected chi connectivity index (χ0v) is 13.7. The minimum Gasteiger partial charge on any atom is -0.377 e. The van der Waals surface area contributed by atoms with Crippen LogP contribution >= 0.6 is 0 Å². The van der Waals surface area contributed by atoms with Crippen molar-refractivity contribution in [2.75, 3.05) is 6.61 Å². The summed E-state index contributed by atoms with van der Waals surface area (Å²) >= 11 is 0. The highest BCUT2D eigenvalue weighted by Crippen LogP contribution is 2.51. The second-order valence-corrected chi connectivity index (χ2v) is 8.07. The number of nitrogens with one attached hydrogen (secondary N) is 1. The second kappa shape index (κ2) is 5.96. The summed E-state index contributed by atoms with van der Waals surface area (Å²) in [5.41, 5.74) is 0.339. The monoisotopic (exact) mass is 279 g/mol. The van der Waals surface area contributed by atoms with Gasteiger partial charge in [0.1, 0.15) is 0 Å². The van der Waals surface area contributed by atoms with Crippen molar-refractivity contribution in [2.45, 2.75) is 90.3 Å². The predicted molar refractivity (Wildman–Crippen MR) is 83.8 cm³/mol. The molecule has 3 atom stereocenters. The van der Waals surface area contributed by atoms with Gasteiger partial charge in [0.15, 0.2) is 0 Å². The van der Waals surface area contributed by atoms with Crippen LogP contribution in [0.3, 0.4) is 0 Å². The lowest BCUT2D eigenvalue weighted by atomic mass is 9.55. The van der Waals surface area contributed by atoms with Gasteiger partial charge < -0.3 is 10.1 Å². The molecule has 0 amide bonds. The van der Waals surface area contributed by atoms with Crippen LogP contribution in [0, 0.1) is 17.3 Å². The smallest absolute Gasteiger partial charge is 0.0684 e. The van der Waals surface area contributed by atoms with Crippen LogP contribution in [0.5, 0.6) is 0 Å². The van der Waals surface area contributed by atoms with E-state index in [2.05, 4.69) is 26.1 Å². The van der Waals surface area contributed by atoms with Crippen molar-refractivity contribution >= 4 is 0 Å². The highest BCUT2D eigenvalue weighted by Gasteiger charge is 2.58. The van der Waals surface area contributed by atoms with Crippen molar-refractivity contribution in [3.63, 3.8) is 0 Å². The van der Waals surface area contributed by atoms with Gasteiger partial charge in [-0.3, -0.25) is 0 Å². The van der Waals surface area contributed by atoms with Gasteiger partial charge >= 0.3 is 0 Å². The Bertz CT molecular complexity index is 319. The summed E-state index contributed by atoms with van der Waals surface area (Å²) in [5.74, 6) is 1.80. The van der Waals surface area contributed by atoms with Gasteiger partial charge in [-0.1, -0.05) is 33.6 Å². The largest absolute Gasteiger partial charge is 0.377 e. The Morgan fingerprint density at radius 3 is 2.55 bits per heavy atom. The van der Waals surface area contributed by atoms with E-state index >= 15 is 0 Å². The fourth-order valence-electron chi connectivity index (χ4n) is 5.14. The quantitative estimate of drug-likeness (QED) is 0.835. The minimum atomic E-state index is 0.339. The Kier molecular flexibility index (Phi) is 4.42. The maximum absolute atomic E-state index is 6.02. The van der Waals surface area contributed by atoms with Crippen LogP contribution in [0.1, 0.15) is 72.1 Å². The highest BCUT2D eigenvalue weighted by molar-refractivity contribution is 5.11. The van der Waals surface area contributed by atoms with Crippen molar-refractivity contribution < 1.29 is 4.74 Å². The lowest BCUT2D eigenvalue weighted by Crippen LogP contribution is -2.70. The molecule has 2 nitrogen and oxygen atoms in total. The van der Waals surface area contributed by atoms with Gasteiger partial charge in [0.25, 0.3) is 0 Å². The van der Waals surface area contributed by atoms with E-state index in [-0.39, 0.29) is 0 Å². The standard InChI is InChI=1S/C18H33NO/c1-4-6-13-8-10-14(11-9-13)19-16-15-7-5-12-20-17(15)18(16,2)3/h13-17,19H,4-12H2,1-3H3. The van der Waals surface area contributed by atoms with Gasteiger partial charge in [0, 0.05) is 30.0 Å². The predicted octanol–water partition coefficient (Wildman–Crippen LogP) is 4.14. The summed E-state index contributed by atoms with van der Waals surface area (Å²) in [6.07, 6.45) is 11.7. The van der Waals surface area contributed by atoms with Gasteiger partial charge in [0.2, 0.25) is 0 Å². The fraction of sp³-hybridized carbons (Fsp3) is 1.00. The summed E-state index contributed by atoms with van der Waals surface area (Å²) < 4.78 is 6.02. The SMILES string of the molecule is CCCC1CCC(NC2C3CCCOC3C2(C)C)CC1. The van der Waals surface area contributed by atoms with E-state index in [1.54, 1.807) is 0 Å². The van der Waals surface area contributed by atoms with Crippen LogP contribution in [0.25, 0.3) is 0 Å². The average molecular weight is 279 g/mol. The van der Waals surface area contributed by atoms with E-state index in [4.69, 9.17) is 4.74 Å². The Balaban J connectivity index is 1.51. The summed E-state index contributed by atoms with van der Waals surface area (Å²) in [5, 5.41) is 4.03. The molecule has 0 bridgehead atoms. The molecule has 0 radical (unpaired) electrons. The van der Waals surface area contributed by atoms with Gasteiger partial charge in [0.05, 0.1) is 6.10 Å². The van der Waals surface area contributed by atoms with Crippen molar-refractivity contribution in [2.24, 2.45) is 17.3 Å². The molecule has 3 rings (SSSR count). The number of ether oxygens (including phenoxy) is 1. The molecule has 2 heteroatoms. The maximum Gasteiger partial charge on any atom is 0.0684 e. The summed E-state index contributed by atoms with van der Waals surface area (Å²) in [7, 11) is 0. The lowest BCUT2D eigenvalue weighted by molar-refractivity contribution is -0.195. The molecule has 20 heavy (non-hydrogen) atoms. The summed E-state index contributed by atoms with van der Waals surface area (Å²) in [6.45, 7) is 8.11. The number of hydrogen-bond donors (Lipinski definition) is 1. The molecule has 1 heterocycles. The van der Waals surface area contributed by atoms with E-state index in [1.165, 1.54) is 51.4 Å². The molecular weight excluding hydrogens is 246 g/mol. The van der Waals surface area contributed by atoms with Crippen LogP contribution < -0.4 is 5.32 Å². The van der Waals surface area contributed by atoms with Crippen LogP contribution in [0.2, 0.25) is 0 Å². The van der Waals surface area contributed by atoms with Crippen LogP contribution in [0.4, 0.5) is 0 Å². The Hall–Kier alpha value is -0.0800. The first-order valence-corrected chi connectivity index (χ1v) is 9.00. The number of hydrogen-bond acceptors (Lipinski definition) is 2. The number of rotatable bonds is 4. The topological polar surface area (TPSA) is 21.3 Å². The van der Waals surface area contributed by atoms with Crippen LogP contribution in [-0.4, -0.2) is 24.8 Å². The lowest BCUT2D eigenvalue weighted by Gasteiger charge is -2.61. The van der Waals surface area contributed by atoms with Gasteiger partial charge in [-0.15, -0.1) is 0 Å². The summed E-state index contributed by atoms with van der Waals surface area (Å²) in [6, 6.07) is 1.47. The Labute approximate surface area is 125 Å². The van der Waals surface area contributed by atoms with Gasteiger partial charge in [-0.2, -0.15) is 0 Å². The maximum atomic E-state index is 6.02. The van der Waals surface area contributed by atoms with Crippen LogP contribution in [0.15, 0.2) is 0 Å². The van der Waals surface area contributed by atoms with E-state index in [0.29, 0.717) is 17.6 Å². The Morgan fingerprint density at radius 1 is 1.10 bits per heavy atom. The molecule has 0 spiro atoms. The molecule has 116 valence electrons. The molecule has 0 aromatic rings. The molecule has 0 aromatic carbocycles. The van der Waals surface area contributed by atoms with Crippen LogP contribution in [-0.2, 0) is 4.74 Å². The molecule has 1 aliphatic heterocycles. The first-order valence-electron chi connectivity index (χ1n) is 9.00. The fourth-order valence-corrected chi connectivity index (χ4v) is 5.14. The Morgan fingerprint density at radius 2 is 1.85 bits per heavy atom. The zero-order chi connectivity index (χ0) is 14.2. The van der Waals surface area contributed by atoms with Crippen molar-refractivity contribution in [1.82, 2.24) is 5.32 Å². The summed E-state index contributed by atoms with van der Waals surface area (Å²) in [4.78, 5) is 0. The normalized spacial score (nSPS) is 43.6. The first kappa shape index (κ1) is 14.8. The second-order valence-electron chi connectivity index (χ2n) is 8.07. The van der Waals surface area contributed by atoms with E-state index in [9.17, 15) is 0 Å². The minimum absolute atomic E-state index is 0.339. The number of fused-ring (bicyclic) bond motifs is 1. The molecule has 3 aliphatic rings. The molecule has 2 saturated carbocycles. The average Bonchev–Trinajstić information content (AvgIpc) is 2.47.